The van der Waals surface area contributed by atoms with E-state index in [-0.39, 0.29) is 23.4 Å². The molecule has 0 spiro atoms. The van der Waals surface area contributed by atoms with Gasteiger partial charge in [0.05, 0.1) is 12.7 Å². The van der Waals surface area contributed by atoms with Gasteiger partial charge < -0.3 is 8.92 Å². The van der Waals surface area contributed by atoms with E-state index in [9.17, 15) is 18.3 Å². The first-order valence-corrected chi connectivity index (χ1v) is 8.11. The lowest BCUT2D eigenvalue weighted by atomic mass is 9.96. The fourth-order valence-electron chi connectivity index (χ4n) is 2.40. The van der Waals surface area contributed by atoms with Crippen LogP contribution in [-0.4, -0.2) is 22.2 Å². The lowest BCUT2D eigenvalue weighted by molar-refractivity contribution is 0.0601. The molecule has 0 fully saturated rings. The second-order valence-electron chi connectivity index (χ2n) is 4.88. The molecule has 1 aliphatic heterocycles. The third kappa shape index (κ3) is 3.02. The number of esters is 1. The number of carbonyl (C=O) groups excluding carboxylic acids is 1. The third-order valence-corrected chi connectivity index (χ3v) is 4.32. The first kappa shape index (κ1) is 15.8. The molecule has 1 heterocycles. The van der Waals surface area contributed by atoms with Crippen molar-refractivity contribution < 1.29 is 27.2 Å². The Balaban J connectivity index is 2.22. The number of halogens is 1. The first-order chi connectivity index (χ1) is 10.9. The number of ether oxygens (including phenoxy) is 1. The van der Waals surface area contributed by atoms with Gasteiger partial charge in [-0.25, -0.2) is 13.9 Å². The molecule has 0 aromatic heterocycles. The summed E-state index contributed by atoms with van der Waals surface area (Å²) in [6, 6.07) is 8.90. The van der Waals surface area contributed by atoms with Crippen molar-refractivity contribution in [2.24, 2.45) is 0 Å². The van der Waals surface area contributed by atoms with Crippen molar-refractivity contribution in [1.29, 1.82) is 0 Å². The summed E-state index contributed by atoms with van der Waals surface area (Å²) >= 11 is -3.47. The number of hydrogen-bond donors (Lipinski definition) is 3. The third-order valence-electron chi connectivity index (χ3n) is 3.40. The summed E-state index contributed by atoms with van der Waals surface area (Å²) in [4.78, 5) is 11.9. The topological polar surface area (TPSA) is 88.0 Å². The largest absolute Gasteiger partial charge is 0.465 e. The van der Waals surface area contributed by atoms with Crippen molar-refractivity contribution in [2.45, 2.75) is 6.54 Å². The van der Waals surface area contributed by atoms with Crippen molar-refractivity contribution in [3.63, 3.8) is 0 Å². The molecule has 0 amide bonds. The Morgan fingerprint density at radius 2 is 2.04 bits per heavy atom. The van der Waals surface area contributed by atoms with Crippen molar-refractivity contribution in [3.05, 3.63) is 53.3 Å². The molecule has 23 heavy (non-hydrogen) atoms. The SMILES string of the molecule is COC(=O)c1ccccc1-c1cc(F)cc2c1OS(O)(O)NC2. The molecule has 2 aromatic rings. The van der Waals surface area contributed by atoms with E-state index in [2.05, 4.69) is 4.72 Å². The number of carbonyl (C=O) groups is 1. The molecule has 3 rings (SSSR count). The molecule has 6 nitrogen and oxygen atoms in total. The van der Waals surface area contributed by atoms with E-state index in [0.717, 1.165) is 0 Å². The van der Waals surface area contributed by atoms with Crippen molar-refractivity contribution in [2.75, 3.05) is 7.11 Å². The molecule has 8 heteroatoms. The monoisotopic (exact) mass is 339 g/mol. The highest BCUT2D eigenvalue weighted by atomic mass is 32.3. The average molecular weight is 339 g/mol. The van der Waals surface area contributed by atoms with Crippen LogP contribution in [0.3, 0.4) is 0 Å². The summed E-state index contributed by atoms with van der Waals surface area (Å²) in [6.07, 6.45) is 0. The van der Waals surface area contributed by atoms with E-state index in [4.69, 9.17) is 8.92 Å². The van der Waals surface area contributed by atoms with Crippen molar-refractivity contribution >= 4 is 17.0 Å². The molecule has 2 aromatic carbocycles. The Hall–Kier alpha value is -2.13. The minimum absolute atomic E-state index is 0.0306. The number of nitrogens with one attached hydrogen (secondary N) is 1. The predicted molar refractivity (Wildman–Crippen MR) is 83.5 cm³/mol. The van der Waals surface area contributed by atoms with Gasteiger partial charge in [0.1, 0.15) is 5.82 Å². The van der Waals surface area contributed by atoms with Crippen LogP contribution < -0.4 is 8.91 Å². The van der Waals surface area contributed by atoms with Gasteiger partial charge in [-0.2, -0.15) is 0 Å². The van der Waals surface area contributed by atoms with Gasteiger partial charge in [0.15, 0.2) is 5.75 Å². The summed E-state index contributed by atoms with van der Waals surface area (Å²) in [5, 5.41) is 0. The lowest BCUT2D eigenvalue weighted by Crippen LogP contribution is -2.29. The zero-order valence-electron chi connectivity index (χ0n) is 12.1. The molecule has 0 radical (unpaired) electrons. The molecule has 0 unspecified atom stereocenters. The number of benzene rings is 2. The Morgan fingerprint density at radius 1 is 1.30 bits per heavy atom. The second kappa shape index (κ2) is 5.82. The maximum absolute atomic E-state index is 13.9. The van der Waals surface area contributed by atoms with Crippen LogP contribution in [0.4, 0.5) is 4.39 Å². The molecule has 0 atom stereocenters. The summed E-state index contributed by atoms with van der Waals surface area (Å²) in [6.45, 7) is 0.0306. The Kier molecular flexibility index (Phi) is 3.99. The summed E-state index contributed by atoms with van der Waals surface area (Å²) in [7, 11) is 1.25. The normalized spacial score (nSPS) is 16.9. The summed E-state index contributed by atoms with van der Waals surface area (Å²) in [5.41, 5.74) is 1.28. The van der Waals surface area contributed by atoms with Crippen LogP contribution in [0.5, 0.6) is 5.75 Å². The minimum Gasteiger partial charge on any atom is -0.465 e. The predicted octanol–water partition coefficient (Wildman–Crippen LogP) is 3.34. The van der Waals surface area contributed by atoms with Gasteiger partial charge in [-0.1, -0.05) is 18.2 Å². The fourth-order valence-corrected chi connectivity index (χ4v) is 3.23. The van der Waals surface area contributed by atoms with Crippen LogP contribution in [0, 0.1) is 5.82 Å². The van der Waals surface area contributed by atoms with E-state index in [1.807, 2.05) is 0 Å². The van der Waals surface area contributed by atoms with E-state index in [1.165, 1.54) is 25.3 Å². The number of rotatable bonds is 2. The molecule has 1 aliphatic rings. The van der Waals surface area contributed by atoms with Crippen LogP contribution in [0.25, 0.3) is 11.1 Å². The van der Waals surface area contributed by atoms with Crippen LogP contribution in [0.1, 0.15) is 15.9 Å². The maximum atomic E-state index is 13.9. The van der Waals surface area contributed by atoms with Gasteiger partial charge in [0.25, 0.3) is 0 Å². The molecule has 122 valence electrons. The number of methoxy groups -OCH3 is 1. The van der Waals surface area contributed by atoms with Crippen LogP contribution in [-0.2, 0) is 11.3 Å². The highest BCUT2D eigenvalue weighted by Crippen LogP contribution is 2.48. The van der Waals surface area contributed by atoms with Crippen molar-refractivity contribution in [3.8, 4) is 16.9 Å². The van der Waals surface area contributed by atoms with Gasteiger partial charge in [0, 0.05) is 23.2 Å². The molecular formula is C15H14FNO5S. The van der Waals surface area contributed by atoms with E-state index < -0.39 is 22.8 Å². The zero-order chi connectivity index (χ0) is 16.6. The van der Waals surface area contributed by atoms with Gasteiger partial charge in [-0.15, -0.1) is 0 Å². The van der Waals surface area contributed by atoms with Gasteiger partial charge in [-0.3, -0.25) is 9.11 Å². The van der Waals surface area contributed by atoms with Gasteiger partial charge in [0.2, 0.25) is 11.1 Å². The summed E-state index contributed by atoms with van der Waals surface area (Å²) in [5.74, 6) is -0.983. The van der Waals surface area contributed by atoms with Crippen LogP contribution in [0.15, 0.2) is 36.4 Å². The smallest absolute Gasteiger partial charge is 0.338 e. The van der Waals surface area contributed by atoms with E-state index in [1.54, 1.807) is 18.2 Å². The first-order valence-electron chi connectivity index (χ1n) is 6.63. The van der Waals surface area contributed by atoms with E-state index in [0.29, 0.717) is 11.1 Å². The molecule has 0 bridgehead atoms. The maximum Gasteiger partial charge on any atom is 0.338 e. The highest BCUT2D eigenvalue weighted by Gasteiger charge is 2.30. The molecule has 0 aliphatic carbocycles. The van der Waals surface area contributed by atoms with Gasteiger partial charge >= 0.3 is 5.97 Å². The highest BCUT2D eigenvalue weighted by molar-refractivity contribution is 8.18. The standard InChI is InChI=1S/C15H14FNO5S/c1-21-15(18)12-5-3-2-4-11(12)13-7-10(16)6-9-8-17-23(19,20)22-14(9)13/h2-7,17,19-20H,8H2,1H3. The minimum atomic E-state index is -3.47. The Morgan fingerprint density at radius 3 is 2.78 bits per heavy atom. The fraction of sp³-hybridized carbons (Fsp3) is 0.133. The Labute approximate surface area is 133 Å². The van der Waals surface area contributed by atoms with E-state index >= 15 is 0 Å². The molecule has 0 saturated carbocycles. The number of fused-ring (bicyclic) bond motifs is 1. The van der Waals surface area contributed by atoms with Crippen LogP contribution in [0.2, 0.25) is 0 Å². The molecule has 0 saturated heterocycles. The Bertz CT molecular complexity index is 780. The molecular weight excluding hydrogens is 325 g/mol. The van der Waals surface area contributed by atoms with Crippen LogP contribution >= 0.6 is 11.1 Å². The molecule has 3 N–H and O–H groups in total. The average Bonchev–Trinajstić information content (AvgIpc) is 2.53. The van der Waals surface area contributed by atoms with Gasteiger partial charge in [-0.05, 0) is 18.2 Å². The quantitative estimate of drug-likeness (QED) is 0.727. The zero-order valence-corrected chi connectivity index (χ0v) is 12.9. The number of hydrogen-bond acceptors (Lipinski definition) is 6. The lowest BCUT2D eigenvalue weighted by Gasteiger charge is -2.34. The second-order valence-corrected chi connectivity index (χ2v) is 6.33. The van der Waals surface area contributed by atoms with Crippen molar-refractivity contribution in [1.82, 2.24) is 4.72 Å². The summed E-state index contributed by atoms with van der Waals surface area (Å²) < 4.78 is 45.7.